The lowest BCUT2D eigenvalue weighted by atomic mass is 10.2. The van der Waals surface area contributed by atoms with E-state index in [9.17, 15) is 4.79 Å². The Hall–Kier alpha value is -4.00. The van der Waals surface area contributed by atoms with Crippen LogP contribution in [0.1, 0.15) is 15.9 Å². The van der Waals surface area contributed by atoms with Crippen LogP contribution < -0.4 is 10.6 Å². The molecule has 1 amide bonds. The van der Waals surface area contributed by atoms with Gasteiger partial charge in [0.2, 0.25) is 5.95 Å². The summed E-state index contributed by atoms with van der Waals surface area (Å²) in [4.78, 5) is 20.8. The number of carbonyl (C=O) groups is 1. The van der Waals surface area contributed by atoms with Gasteiger partial charge in [-0.2, -0.15) is 5.10 Å². The van der Waals surface area contributed by atoms with Gasteiger partial charge in [-0.05, 0) is 29.8 Å². The summed E-state index contributed by atoms with van der Waals surface area (Å²) in [6.45, 7) is 0.646. The zero-order chi connectivity index (χ0) is 19.2. The lowest BCUT2D eigenvalue weighted by molar-refractivity contribution is 0.102. The van der Waals surface area contributed by atoms with Crippen LogP contribution in [-0.2, 0) is 6.54 Å². The number of nitrogens with zero attached hydrogens (tertiary/aromatic N) is 4. The van der Waals surface area contributed by atoms with E-state index in [0.717, 1.165) is 11.3 Å². The number of carbonyl (C=O) groups excluding carboxylic acids is 1. The van der Waals surface area contributed by atoms with Crippen molar-refractivity contribution in [2.24, 2.45) is 0 Å². The minimum absolute atomic E-state index is 0.234. The molecule has 0 fully saturated rings. The molecule has 7 heteroatoms. The lowest BCUT2D eigenvalue weighted by Gasteiger charge is -2.07. The third kappa shape index (κ3) is 4.39. The summed E-state index contributed by atoms with van der Waals surface area (Å²) in [7, 11) is 0. The van der Waals surface area contributed by atoms with Crippen LogP contribution in [-0.4, -0.2) is 25.7 Å². The topological polar surface area (TPSA) is 84.7 Å². The molecule has 28 heavy (non-hydrogen) atoms. The highest BCUT2D eigenvalue weighted by Crippen LogP contribution is 2.16. The smallest absolute Gasteiger partial charge is 0.256 e. The Morgan fingerprint density at radius 3 is 2.57 bits per heavy atom. The van der Waals surface area contributed by atoms with E-state index in [-0.39, 0.29) is 5.91 Å². The summed E-state index contributed by atoms with van der Waals surface area (Å²) in [6.07, 6.45) is 5.14. The van der Waals surface area contributed by atoms with Crippen LogP contribution in [0.3, 0.4) is 0 Å². The minimum Gasteiger partial charge on any atom is -0.324 e. The van der Waals surface area contributed by atoms with E-state index in [4.69, 9.17) is 0 Å². The molecule has 0 saturated carbocycles. The Bertz CT molecular complexity index is 1060. The average molecular weight is 370 g/mol. The molecule has 0 saturated heterocycles. The van der Waals surface area contributed by atoms with E-state index in [1.807, 2.05) is 42.6 Å². The van der Waals surface area contributed by atoms with Gasteiger partial charge >= 0.3 is 0 Å². The second-order valence-electron chi connectivity index (χ2n) is 6.12. The Kier molecular flexibility index (Phi) is 5.06. The number of hydrogen-bond donors (Lipinski definition) is 2. The second-order valence-corrected chi connectivity index (χ2v) is 6.12. The van der Waals surface area contributed by atoms with Crippen LogP contribution in [0.15, 0.2) is 85.3 Å². The van der Waals surface area contributed by atoms with Crippen molar-refractivity contribution in [3.05, 3.63) is 96.4 Å². The molecular weight excluding hydrogens is 352 g/mol. The maximum Gasteiger partial charge on any atom is 0.256 e. The minimum atomic E-state index is -0.234. The van der Waals surface area contributed by atoms with Crippen molar-refractivity contribution in [1.29, 1.82) is 0 Å². The maximum atomic E-state index is 12.6. The van der Waals surface area contributed by atoms with Crippen molar-refractivity contribution in [3.63, 3.8) is 0 Å². The van der Waals surface area contributed by atoms with Crippen LogP contribution >= 0.6 is 0 Å². The van der Waals surface area contributed by atoms with E-state index in [0.29, 0.717) is 23.9 Å². The van der Waals surface area contributed by atoms with Crippen LogP contribution in [0.2, 0.25) is 0 Å². The molecule has 0 spiro atoms. The highest BCUT2D eigenvalue weighted by Gasteiger charge is 2.09. The largest absolute Gasteiger partial charge is 0.324 e. The molecule has 138 valence electrons. The van der Waals surface area contributed by atoms with Gasteiger partial charge in [0.1, 0.15) is 0 Å². The van der Waals surface area contributed by atoms with Gasteiger partial charge in [0, 0.05) is 35.9 Å². The summed E-state index contributed by atoms with van der Waals surface area (Å²) < 4.78 is 1.79. The Morgan fingerprint density at radius 2 is 1.75 bits per heavy atom. The number of anilines is 3. The molecule has 0 atom stereocenters. The summed E-state index contributed by atoms with van der Waals surface area (Å²) in [5.41, 5.74) is 2.39. The van der Waals surface area contributed by atoms with Crippen molar-refractivity contribution >= 4 is 23.4 Å². The second kappa shape index (κ2) is 8.13. The van der Waals surface area contributed by atoms with Crippen molar-refractivity contribution < 1.29 is 4.79 Å². The molecule has 0 aliphatic carbocycles. The predicted molar refractivity (Wildman–Crippen MR) is 107 cm³/mol. The molecule has 0 aliphatic heterocycles. The summed E-state index contributed by atoms with van der Waals surface area (Å²) in [5.74, 6) is 0.744. The van der Waals surface area contributed by atoms with Gasteiger partial charge in [-0.1, -0.05) is 36.4 Å². The number of nitrogens with one attached hydrogen (secondary N) is 2. The molecular formula is C21H18N6O. The van der Waals surface area contributed by atoms with Gasteiger partial charge in [0.15, 0.2) is 5.82 Å². The van der Waals surface area contributed by atoms with Crippen molar-refractivity contribution in [2.45, 2.75) is 6.54 Å². The zero-order valence-corrected chi connectivity index (χ0v) is 15.0. The molecule has 0 radical (unpaired) electrons. The van der Waals surface area contributed by atoms with Gasteiger partial charge in [0.05, 0.1) is 6.54 Å². The standard InChI is InChI=1S/C21H18N6O/c28-20(17-8-4-9-18(14-17)24-21-22-11-5-12-23-21)25-19-10-13-27(26-19)15-16-6-2-1-3-7-16/h1-14H,15H2,(H,22,23,24)(H,25,26,28). The summed E-state index contributed by atoms with van der Waals surface area (Å²) >= 11 is 0. The van der Waals surface area contributed by atoms with Gasteiger partial charge in [-0.25, -0.2) is 9.97 Å². The number of amides is 1. The van der Waals surface area contributed by atoms with Gasteiger partial charge < -0.3 is 10.6 Å². The summed E-state index contributed by atoms with van der Waals surface area (Å²) in [6, 6.07) is 20.7. The first kappa shape index (κ1) is 17.4. The van der Waals surface area contributed by atoms with E-state index in [1.54, 1.807) is 47.4 Å². The quantitative estimate of drug-likeness (QED) is 0.540. The van der Waals surface area contributed by atoms with Crippen molar-refractivity contribution in [3.8, 4) is 0 Å². The monoisotopic (exact) mass is 370 g/mol. The molecule has 2 aromatic heterocycles. The van der Waals surface area contributed by atoms with E-state index < -0.39 is 0 Å². The number of aromatic nitrogens is 4. The molecule has 0 aliphatic rings. The third-order valence-corrected chi connectivity index (χ3v) is 4.02. The normalized spacial score (nSPS) is 10.4. The highest BCUT2D eigenvalue weighted by atomic mass is 16.1. The fraction of sp³-hybridized carbons (Fsp3) is 0.0476. The van der Waals surface area contributed by atoms with Crippen LogP contribution in [0.25, 0.3) is 0 Å². The van der Waals surface area contributed by atoms with Crippen LogP contribution in [0.5, 0.6) is 0 Å². The van der Waals surface area contributed by atoms with Gasteiger partial charge in [-0.15, -0.1) is 0 Å². The van der Waals surface area contributed by atoms with E-state index in [2.05, 4.69) is 25.7 Å². The molecule has 4 rings (SSSR count). The van der Waals surface area contributed by atoms with Crippen LogP contribution in [0.4, 0.5) is 17.5 Å². The maximum absolute atomic E-state index is 12.6. The Morgan fingerprint density at radius 1 is 0.929 bits per heavy atom. The van der Waals surface area contributed by atoms with Gasteiger partial charge in [-0.3, -0.25) is 9.48 Å². The van der Waals surface area contributed by atoms with E-state index >= 15 is 0 Å². The zero-order valence-electron chi connectivity index (χ0n) is 15.0. The molecule has 7 nitrogen and oxygen atoms in total. The van der Waals surface area contributed by atoms with Gasteiger partial charge in [0.25, 0.3) is 5.91 Å². The SMILES string of the molecule is O=C(Nc1ccn(Cc2ccccc2)n1)c1cccc(Nc2ncccn2)c1. The Balaban J connectivity index is 1.42. The highest BCUT2D eigenvalue weighted by molar-refractivity contribution is 6.04. The number of benzene rings is 2. The Labute approximate surface area is 162 Å². The molecule has 2 N–H and O–H groups in total. The fourth-order valence-corrected chi connectivity index (χ4v) is 2.71. The first-order valence-electron chi connectivity index (χ1n) is 8.79. The molecule has 2 aromatic carbocycles. The van der Waals surface area contributed by atoms with Crippen molar-refractivity contribution in [1.82, 2.24) is 19.7 Å². The van der Waals surface area contributed by atoms with Crippen LogP contribution in [0, 0.1) is 0 Å². The third-order valence-electron chi connectivity index (χ3n) is 4.02. The van der Waals surface area contributed by atoms with E-state index in [1.165, 1.54) is 0 Å². The molecule has 4 aromatic rings. The fourth-order valence-electron chi connectivity index (χ4n) is 2.71. The van der Waals surface area contributed by atoms with Crippen molar-refractivity contribution in [2.75, 3.05) is 10.6 Å². The first-order chi connectivity index (χ1) is 13.8. The molecule has 0 bridgehead atoms. The lowest BCUT2D eigenvalue weighted by Crippen LogP contribution is -2.13. The number of rotatable bonds is 6. The average Bonchev–Trinajstić information content (AvgIpc) is 3.16. The number of hydrogen-bond acceptors (Lipinski definition) is 5. The predicted octanol–water partition coefficient (Wildman–Crippen LogP) is 3.72. The molecule has 0 unspecified atom stereocenters. The molecule has 2 heterocycles. The summed E-state index contributed by atoms with van der Waals surface area (Å²) in [5, 5.41) is 10.3. The first-order valence-corrected chi connectivity index (χ1v) is 8.79.